The molecule has 224 valence electrons. The molecule has 0 radical (unpaired) electrons. The summed E-state index contributed by atoms with van der Waals surface area (Å²) in [6.07, 6.45) is 1.77. The number of benzene rings is 4. The molecule has 4 nitrogen and oxygen atoms in total. The maximum Gasteiger partial charge on any atom is 0.119 e. The summed E-state index contributed by atoms with van der Waals surface area (Å²) in [4.78, 5) is 0. The molecule has 0 heterocycles. The molecule has 0 bridgehead atoms. The monoisotopic (exact) mass is 576 g/mol. The van der Waals surface area contributed by atoms with Gasteiger partial charge in [-0.1, -0.05) is 91.8 Å². The molecule has 0 unspecified atom stereocenters. The van der Waals surface area contributed by atoms with Crippen LogP contribution in [0.2, 0.25) is 0 Å². The van der Waals surface area contributed by atoms with Gasteiger partial charge in [-0.15, -0.1) is 0 Å². The minimum Gasteiger partial charge on any atom is -0.508 e. The van der Waals surface area contributed by atoms with E-state index >= 15 is 0 Å². The summed E-state index contributed by atoms with van der Waals surface area (Å²) in [5.74, 6) is 0.992. The van der Waals surface area contributed by atoms with E-state index in [0.717, 1.165) is 46.2 Å². The lowest BCUT2D eigenvalue weighted by atomic mass is 9.71. The van der Waals surface area contributed by atoms with Crippen molar-refractivity contribution in [2.45, 2.75) is 95.3 Å². The van der Waals surface area contributed by atoms with Crippen LogP contribution in [0.1, 0.15) is 113 Å². The van der Waals surface area contributed by atoms with Gasteiger partial charge in [-0.2, -0.15) is 0 Å². The van der Waals surface area contributed by atoms with E-state index in [0.29, 0.717) is 0 Å². The molecule has 4 N–H and O–H groups in total. The van der Waals surface area contributed by atoms with Crippen LogP contribution in [0.5, 0.6) is 23.0 Å². The van der Waals surface area contributed by atoms with Crippen LogP contribution >= 0.6 is 0 Å². The molecule has 4 heteroatoms. The van der Waals surface area contributed by atoms with Crippen LogP contribution in [0.4, 0.5) is 0 Å². The highest BCUT2D eigenvalue weighted by Gasteiger charge is 2.57. The molecular formula is C39H44O4. The summed E-state index contributed by atoms with van der Waals surface area (Å²) in [5, 5.41) is 43.0. The molecular weight excluding hydrogens is 532 g/mol. The molecule has 4 aromatic rings. The maximum absolute atomic E-state index is 11.7. The van der Waals surface area contributed by atoms with Gasteiger partial charge in [0, 0.05) is 27.4 Å². The quantitative estimate of drug-likeness (QED) is 0.196. The fraction of sp³-hybridized carbons (Fsp3) is 0.385. The van der Waals surface area contributed by atoms with Crippen molar-refractivity contribution >= 4 is 0 Å². The summed E-state index contributed by atoms with van der Waals surface area (Å²) in [5.41, 5.74) is 6.97. The lowest BCUT2D eigenvalue weighted by Gasteiger charge is -2.32. The third kappa shape index (κ3) is 4.24. The number of phenols is 4. The highest BCUT2D eigenvalue weighted by atomic mass is 16.3. The third-order valence-corrected chi connectivity index (χ3v) is 10.8. The van der Waals surface area contributed by atoms with Gasteiger partial charge in [0.15, 0.2) is 0 Å². The minimum absolute atomic E-state index is 0.153. The van der Waals surface area contributed by atoms with Crippen LogP contribution < -0.4 is 0 Å². The van der Waals surface area contributed by atoms with Crippen molar-refractivity contribution in [3.63, 3.8) is 0 Å². The Bertz CT molecular complexity index is 1610. The molecule has 0 aromatic heterocycles. The Morgan fingerprint density at radius 3 is 1.14 bits per heavy atom. The van der Waals surface area contributed by atoms with Crippen LogP contribution in [-0.4, -0.2) is 20.4 Å². The van der Waals surface area contributed by atoms with Gasteiger partial charge in [-0.05, 0) is 93.5 Å². The lowest BCUT2D eigenvalue weighted by molar-refractivity contribution is 0.348. The summed E-state index contributed by atoms with van der Waals surface area (Å²) in [6, 6.07) is 22.9. The molecule has 43 heavy (non-hydrogen) atoms. The highest BCUT2D eigenvalue weighted by molar-refractivity contribution is 5.66. The van der Waals surface area contributed by atoms with Crippen LogP contribution in [0.15, 0.2) is 72.8 Å². The predicted octanol–water partition coefficient (Wildman–Crippen LogP) is 8.81. The van der Waals surface area contributed by atoms with Crippen molar-refractivity contribution in [1.29, 1.82) is 0 Å². The van der Waals surface area contributed by atoms with Crippen molar-refractivity contribution in [1.82, 2.24) is 0 Å². The van der Waals surface area contributed by atoms with Crippen molar-refractivity contribution in [3.05, 3.63) is 117 Å². The zero-order valence-electron chi connectivity index (χ0n) is 26.6. The molecule has 0 atom stereocenters. The SMILES string of the molecule is CC1(C)CC2(CC(C)(C)c3cc(C(C)(C)c4ccc(O)cc4)c(O)cc32)c2cc(O)c(C(C)(C)c3ccc(O)cc3)cc21. The Hall–Kier alpha value is -3.92. The van der Waals surface area contributed by atoms with E-state index in [1.165, 1.54) is 11.1 Å². The summed E-state index contributed by atoms with van der Waals surface area (Å²) >= 11 is 0. The van der Waals surface area contributed by atoms with Crippen LogP contribution in [0.25, 0.3) is 0 Å². The zero-order valence-corrected chi connectivity index (χ0v) is 26.6. The summed E-state index contributed by atoms with van der Waals surface area (Å²) in [6.45, 7) is 17.6. The van der Waals surface area contributed by atoms with Crippen LogP contribution in [0.3, 0.4) is 0 Å². The normalized spacial score (nSPS) is 18.0. The number of hydrogen-bond donors (Lipinski definition) is 4. The molecule has 0 fully saturated rings. The summed E-state index contributed by atoms with van der Waals surface area (Å²) < 4.78 is 0. The van der Waals surface area contributed by atoms with E-state index in [1.807, 2.05) is 36.4 Å². The first-order chi connectivity index (χ1) is 19.9. The smallest absolute Gasteiger partial charge is 0.119 e. The molecule has 0 saturated carbocycles. The minimum atomic E-state index is -0.474. The van der Waals surface area contributed by atoms with Gasteiger partial charge in [-0.25, -0.2) is 0 Å². The molecule has 0 aliphatic heterocycles. The second-order valence-electron chi connectivity index (χ2n) is 15.4. The Labute approximate surface area is 255 Å². The third-order valence-electron chi connectivity index (χ3n) is 10.8. The van der Waals surface area contributed by atoms with Gasteiger partial charge in [0.1, 0.15) is 23.0 Å². The number of hydrogen-bond acceptors (Lipinski definition) is 4. The fourth-order valence-electron chi connectivity index (χ4n) is 8.44. The van der Waals surface area contributed by atoms with E-state index in [-0.39, 0.29) is 39.2 Å². The van der Waals surface area contributed by atoms with Crippen molar-refractivity contribution in [3.8, 4) is 23.0 Å². The fourth-order valence-corrected chi connectivity index (χ4v) is 8.44. The van der Waals surface area contributed by atoms with E-state index < -0.39 is 10.8 Å². The first-order valence-electron chi connectivity index (χ1n) is 15.3. The van der Waals surface area contributed by atoms with Gasteiger partial charge in [0.05, 0.1) is 0 Å². The van der Waals surface area contributed by atoms with E-state index in [2.05, 4.69) is 67.5 Å². The van der Waals surface area contributed by atoms with E-state index in [9.17, 15) is 20.4 Å². The average molecular weight is 577 g/mol. The molecule has 0 amide bonds. The Morgan fingerprint density at radius 1 is 0.488 bits per heavy atom. The topological polar surface area (TPSA) is 80.9 Å². The lowest BCUT2D eigenvalue weighted by Crippen LogP contribution is -2.27. The number of rotatable bonds is 4. The maximum atomic E-state index is 11.7. The van der Waals surface area contributed by atoms with Gasteiger partial charge >= 0.3 is 0 Å². The van der Waals surface area contributed by atoms with Crippen molar-refractivity contribution in [2.24, 2.45) is 0 Å². The average Bonchev–Trinajstić information content (AvgIpc) is 3.26. The Morgan fingerprint density at radius 2 is 0.814 bits per heavy atom. The first-order valence-corrected chi connectivity index (χ1v) is 15.3. The summed E-state index contributed by atoms with van der Waals surface area (Å²) in [7, 11) is 0. The second kappa shape index (κ2) is 9.05. The first kappa shape index (κ1) is 29.2. The van der Waals surface area contributed by atoms with Crippen molar-refractivity contribution < 1.29 is 20.4 Å². The zero-order chi connectivity index (χ0) is 31.3. The molecule has 1 spiro atoms. The molecule has 6 rings (SSSR count). The van der Waals surface area contributed by atoms with Gasteiger partial charge in [0.2, 0.25) is 0 Å². The Balaban J connectivity index is 1.52. The highest BCUT2D eigenvalue weighted by Crippen LogP contribution is 2.64. The van der Waals surface area contributed by atoms with Gasteiger partial charge in [-0.3, -0.25) is 0 Å². The van der Waals surface area contributed by atoms with E-state index in [1.54, 1.807) is 24.3 Å². The van der Waals surface area contributed by atoms with E-state index in [4.69, 9.17) is 0 Å². The number of phenolic OH excluding ortho intramolecular Hbond substituents is 4. The van der Waals surface area contributed by atoms with Crippen LogP contribution in [-0.2, 0) is 27.1 Å². The van der Waals surface area contributed by atoms with Crippen molar-refractivity contribution in [2.75, 3.05) is 0 Å². The predicted molar refractivity (Wildman–Crippen MR) is 173 cm³/mol. The second-order valence-corrected chi connectivity index (χ2v) is 15.4. The molecule has 2 aliphatic rings. The number of aromatic hydroxyl groups is 4. The largest absolute Gasteiger partial charge is 0.508 e. The molecule has 2 aliphatic carbocycles. The standard InChI is InChI=1S/C39H44O4/c1-35(2)21-39(29-19-33(42)31(17-27(29)35)37(5,6)23-9-13-25(40)14-10-23)22-36(3,4)28-18-32(34(43)20-30(28)39)38(7,8)24-11-15-26(41)16-12-24/h9-20,40-43H,21-22H2,1-8H3. The molecule has 4 aromatic carbocycles. The van der Waals surface area contributed by atoms with Gasteiger partial charge in [0.25, 0.3) is 0 Å². The Kier molecular flexibility index (Phi) is 6.14. The molecule has 0 saturated heterocycles. The number of fused-ring (bicyclic) bond motifs is 4. The van der Waals surface area contributed by atoms with Gasteiger partial charge < -0.3 is 20.4 Å². The van der Waals surface area contributed by atoms with Crippen LogP contribution in [0, 0.1) is 0 Å².